The van der Waals surface area contributed by atoms with E-state index in [2.05, 4.69) is 4.98 Å². The Kier molecular flexibility index (Phi) is 3.79. The predicted octanol–water partition coefficient (Wildman–Crippen LogP) is 4.06. The van der Waals surface area contributed by atoms with Crippen LogP contribution in [-0.4, -0.2) is 14.7 Å². The third-order valence-electron chi connectivity index (χ3n) is 2.88. The van der Waals surface area contributed by atoms with Gasteiger partial charge in [-0.05, 0) is 18.1 Å². The van der Waals surface area contributed by atoms with E-state index in [4.69, 9.17) is 12.2 Å². The molecule has 2 aromatic rings. The molecule has 1 aromatic heterocycles. The van der Waals surface area contributed by atoms with E-state index < -0.39 is 40.7 Å². The van der Waals surface area contributed by atoms with Gasteiger partial charge in [0.1, 0.15) is 5.69 Å². The first kappa shape index (κ1) is 15.5. The van der Waals surface area contributed by atoms with Crippen molar-refractivity contribution < 1.29 is 27.1 Å². The summed E-state index contributed by atoms with van der Waals surface area (Å²) in [6.07, 6.45) is 0. The highest BCUT2D eigenvalue weighted by Crippen LogP contribution is 2.32. The lowest BCUT2D eigenvalue weighted by atomic mass is 10.1. The fourth-order valence-electron chi connectivity index (χ4n) is 1.84. The minimum Gasteiger partial charge on any atom is -0.493 e. The third kappa shape index (κ3) is 2.21. The molecule has 0 spiro atoms. The molecule has 9 heteroatoms. The van der Waals surface area contributed by atoms with Gasteiger partial charge in [0.2, 0.25) is 11.7 Å². The van der Waals surface area contributed by atoms with Crippen molar-refractivity contribution in [2.45, 2.75) is 19.8 Å². The van der Waals surface area contributed by atoms with Gasteiger partial charge in [0.25, 0.3) is 0 Å². The van der Waals surface area contributed by atoms with E-state index in [1.165, 1.54) is 0 Å². The maximum absolute atomic E-state index is 13.7. The van der Waals surface area contributed by atoms with Crippen LogP contribution < -0.4 is 0 Å². The van der Waals surface area contributed by atoms with Gasteiger partial charge in [-0.15, -0.1) is 0 Å². The largest absolute Gasteiger partial charge is 0.493 e. The highest BCUT2D eigenvalue weighted by molar-refractivity contribution is 7.71. The number of aromatic nitrogens is 2. The topological polar surface area (TPSA) is 41.0 Å². The monoisotopic (exact) mass is 324 g/mol. The summed E-state index contributed by atoms with van der Waals surface area (Å²) < 4.78 is 66.9. The van der Waals surface area contributed by atoms with Gasteiger partial charge in [-0.1, -0.05) is 13.8 Å². The Labute approximate surface area is 120 Å². The van der Waals surface area contributed by atoms with Crippen LogP contribution in [0.15, 0.2) is 0 Å². The molecule has 0 aliphatic carbocycles. The second-order valence-corrected chi connectivity index (χ2v) is 4.96. The summed E-state index contributed by atoms with van der Waals surface area (Å²) in [4.78, 5) is 2.47. The normalized spacial score (nSPS) is 11.4. The molecule has 0 unspecified atom stereocenters. The van der Waals surface area contributed by atoms with Crippen LogP contribution in [0, 0.1) is 33.9 Å². The van der Waals surface area contributed by atoms with E-state index in [1.54, 1.807) is 13.8 Å². The quantitative estimate of drug-likeness (QED) is 0.378. The maximum atomic E-state index is 13.7. The average Bonchev–Trinajstić information content (AvgIpc) is 2.71. The van der Waals surface area contributed by atoms with Gasteiger partial charge in [0.15, 0.2) is 28.0 Å². The highest BCUT2D eigenvalue weighted by atomic mass is 32.1. The van der Waals surface area contributed by atoms with Crippen molar-refractivity contribution in [3.63, 3.8) is 0 Å². The summed E-state index contributed by atoms with van der Waals surface area (Å²) in [5.74, 6) is -11.7. The summed E-state index contributed by atoms with van der Waals surface area (Å²) in [5, 5.41) is 9.93. The number of imidazole rings is 1. The molecule has 0 atom stereocenters. The van der Waals surface area contributed by atoms with E-state index in [0.717, 1.165) is 0 Å². The summed E-state index contributed by atoms with van der Waals surface area (Å²) in [5.41, 5.74) is -1.21. The molecule has 0 amide bonds. The van der Waals surface area contributed by atoms with Crippen molar-refractivity contribution in [1.29, 1.82) is 0 Å². The molecule has 0 aliphatic heterocycles. The molecule has 3 nitrogen and oxygen atoms in total. The van der Waals surface area contributed by atoms with Crippen LogP contribution in [-0.2, 0) is 0 Å². The smallest absolute Gasteiger partial charge is 0.218 e. The Hall–Kier alpha value is -1.90. The minimum absolute atomic E-state index is 0.115. The number of H-pyrrole nitrogens is 1. The van der Waals surface area contributed by atoms with Crippen molar-refractivity contribution in [2.75, 3.05) is 0 Å². The van der Waals surface area contributed by atoms with E-state index in [0.29, 0.717) is 4.57 Å². The molecule has 2 rings (SSSR count). The van der Waals surface area contributed by atoms with Crippen molar-refractivity contribution in [1.82, 2.24) is 9.55 Å². The zero-order valence-electron chi connectivity index (χ0n) is 10.8. The summed E-state index contributed by atoms with van der Waals surface area (Å²) in [6, 6.07) is 0. The van der Waals surface area contributed by atoms with Crippen molar-refractivity contribution in [2.24, 2.45) is 0 Å². The van der Waals surface area contributed by atoms with Gasteiger partial charge in [0.05, 0.1) is 5.69 Å². The second kappa shape index (κ2) is 5.14. The van der Waals surface area contributed by atoms with Crippen LogP contribution in [0.25, 0.3) is 5.69 Å². The molecular weight excluding hydrogens is 315 g/mol. The molecule has 21 heavy (non-hydrogen) atoms. The van der Waals surface area contributed by atoms with Crippen molar-refractivity contribution >= 4 is 12.2 Å². The Morgan fingerprint density at radius 1 is 0.952 bits per heavy atom. The highest BCUT2D eigenvalue weighted by Gasteiger charge is 2.29. The van der Waals surface area contributed by atoms with Crippen LogP contribution in [0.1, 0.15) is 25.5 Å². The second-order valence-electron chi connectivity index (χ2n) is 4.58. The third-order valence-corrected chi connectivity index (χ3v) is 3.17. The zero-order chi connectivity index (χ0) is 16.1. The maximum Gasteiger partial charge on any atom is 0.218 e. The van der Waals surface area contributed by atoms with Crippen LogP contribution in [0.2, 0.25) is 0 Å². The molecule has 0 bridgehead atoms. The van der Waals surface area contributed by atoms with Crippen LogP contribution >= 0.6 is 12.2 Å². The molecule has 2 N–H and O–H groups in total. The average molecular weight is 324 g/mol. The molecule has 1 aromatic carbocycles. The number of nitrogens with zero attached hydrogens (tertiary/aromatic N) is 1. The number of hydrogen-bond acceptors (Lipinski definition) is 2. The van der Waals surface area contributed by atoms with E-state index in [-0.39, 0.29) is 16.4 Å². The zero-order valence-corrected chi connectivity index (χ0v) is 11.6. The molecule has 1 heterocycles. The molecule has 114 valence electrons. The number of hydrogen-bond donors (Lipinski definition) is 2. The number of nitrogens with one attached hydrogen (secondary N) is 1. The lowest BCUT2D eigenvalue weighted by Crippen LogP contribution is -2.09. The molecular formula is C12H9F5N2OS. The number of halogens is 5. The fourth-order valence-corrected chi connectivity index (χ4v) is 2.13. The van der Waals surface area contributed by atoms with Crippen LogP contribution in [0.5, 0.6) is 5.88 Å². The molecule has 0 fully saturated rings. The number of aromatic amines is 1. The SMILES string of the molecule is CC(C)c1[nH]c(=S)n(-c2c(F)c(F)c(F)c(F)c2F)c1O. The van der Waals surface area contributed by atoms with E-state index in [9.17, 15) is 27.1 Å². The lowest BCUT2D eigenvalue weighted by molar-refractivity contribution is 0.369. The van der Waals surface area contributed by atoms with E-state index >= 15 is 0 Å². The van der Waals surface area contributed by atoms with Crippen molar-refractivity contribution in [3.8, 4) is 11.6 Å². The molecule has 0 saturated carbocycles. The minimum atomic E-state index is -2.28. The number of rotatable bonds is 2. The summed E-state index contributed by atoms with van der Waals surface area (Å²) >= 11 is 4.78. The van der Waals surface area contributed by atoms with Gasteiger partial charge in [0, 0.05) is 0 Å². The van der Waals surface area contributed by atoms with Crippen molar-refractivity contribution in [3.05, 3.63) is 39.6 Å². The standard InChI is InChI=1S/C12H9F5N2OS/c1-3(2)9-11(20)19(12(21)18-9)10-7(16)5(14)4(13)6(15)8(10)17/h3,20H,1-2H3,(H,18,21). The molecule has 0 aliphatic rings. The Morgan fingerprint density at radius 2 is 1.38 bits per heavy atom. The van der Waals surface area contributed by atoms with Crippen LogP contribution in [0.3, 0.4) is 0 Å². The van der Waals surface area contributed by atoms with E-state index in [1.807, 2.05) is 0 Å². The lowest BCUT2D eigenvalue weighted by Gasteiger charge is -2.10. The van der Waals surface area contributed by atoms with Gasteiger partial charge in [-0.2, -0.15) is 0 Å². The van der Waals surface area contributed by atoms with Gasteiger partial charge in [-0.25, -0.2) is 26.5 Å². The van der Waals surface area contributed by atoms with Crippen LogP contribution in [0.4, 0.5) is 22.0 Å². The first-order chi connectivity index (χ1) is 9.68. The predicted molar refractivity (Wildman–Crippen MR) is 66.5 cm³/mol. The molecule has 0 radical (unpaired) electrons. The summed E-state index contributed by atoms with van der Waals surface area (Å²) in [7, 11) is 0. The number of aromatic hydroxyl groups is 1. The Balaban J connectivity index is 2.90. The number of benzene rings is 1. The molecule has 0 saturated heterocycles. The Bertz CT molecular complexity index is 752. The van der Waals surface area contributed by atoms with Gasteiger partial charge in [-0.3, -0.25) is 0 Å². The first-order valence-corrected chi connectivity index (χ1v) is 6.15. The summed E-state index contributed by atoms with van der Waals surface area (Å²) in [6.45, 7) is 3.28. The first-order valence-electron chi connectivity index (χ1n) is 5.74. The Morgan fingerprint density at radius 3 is 1.76 bits per heavy atom. The van der Waals surface area contributed by atoms with Gasteiger partial charge >= 0.3 is 0 Å². The van der Waals surface area contributed by atoms with Gasteiger partial charge < -0.3 is 10.1 Å². The fraction of sp³-hybridized carbons (Fsp3) is 0.250.